The molecule has 0 radical (unpaired) electrons. The summed E-state index contributed by atoms with van der Waals surface area (Å²) in [4.78, 5) is 44.3. The second-order valence-corrected chi connectivity index (χ2v) is 13.5. The highest BCUT2D eigenvalue weighted by Crippen LogP contribution is 2.39. The average molecular weight is 603 g/mol. The number of hydrogen-bond donors (Lipinski definition) is 1. The fraction of sp³-hybridized carbons (Fsp3) is 0.342. The maximum Gasteiger partial charge on any atom is 0.258 e. The molecule has 4 aromatic rings. The third-order valence-corrected chi connectivity index (χ3v) is 9.20. The molecule has 7 heteroatoms. The van der Waals surface area contributed by atoms with E-state index in [0.29, 0.717) is 35.8 Å². The van der Waals surface area contributed by atoms with Crippen LogP contribution in [0.4, 0.5) is 17.1 Å². The number of pyridine rings is 1. The molecule has 2 amide bonds. The molecule has 2 aliphatic rings. The number of hydrogen-bond acceptors (Lipinski definition) is 4. The van der Waals surface area contributed by atoms with Crippen molar-refractivity contribution < 1.29 is 9.59 Å². The third-order valence-electron chi connectivity index (χ3n) is 9.20. The first-order chi connectivity index (χ1) is 21.5. The Morgan fingerprint density at radius 1 is 0.889 bits per heavy atom. The summed E-state index contributed by atoms with van der Waals surface area (Å²) >= 11 is 0. The zero-order chi connectivity index (χ0) is 31.9. The highest BCUT2D eigenvalue weighted by atomic mass is 16.2. The van der Waals surface area contributed by atoms with Crippen LogP contribution in [0, 0.1) is 12.8 Å². The number of benzene rings is 3. The van der Waals surface area contributed by atoms with Gasteiger partial charge in [0.15, 0.2) is 0 Å². The monoisotopic (exact) mass is 602 g/mol. The second-order valence-electron chi connectivity index (χ2n) is 13.5. The van der Waals surface area contributed by atoms with Crippen LogP contribution in [-0.4, -0.2) is 36.0 Å². The molecular weight excluding hydrogens is 560 g/mol. The van der Waals surface area contributed by atoms with E-state index >= 15 is 0 Å². The van der Waals surface area contributed by atoms with Gasteiger partial charge in [-0.3, -0.25) is 14.4 Å². The van der Waals surface area contributed by atoms with E-state index in [1.165, 1.54) is 0 Å². The lowest BCUT2D eigenvalue weighted by Crippen LogP contribution is -2.47. The van der Waals surface area contributed by atoms with Gasteiger partial charge in [-0.25, -0.2) is 0 Å². The van der Waals surface area contributed by atoms with Gasteiger partial charge in [0.1, 0.15) is 0 Å². The zero-order valence-corrected chi connectivity index (χ0v) is 26.8. The summed E-state index contributed by atoms with van der Waals surface area (Å²) in [6.07, 6.45) is 1.03. The SMILES string of the molecule is CCN(C(=O)c1ccc(N2C[C@H]3C[C@@H](C2)c2cccc(=O)n2C3)c(NC(=O)c2ccc(C(C)(C)C)cc2)c1)c1cccc(C)c1. The van der Waals surface area contributed by atoms with Gasteiger partial charge in [0, 0.05) is 60.7 Å². The fourth-order valence-electron chi connectivity index (χ4n) is 6.85. The number of aryl methyl sites for hydroxylation is 1. The van der Waals surface area contributed by atoms with Gasteiger partial charge in [0.05, 0.1) is 11.4 Å². The predicted octanol–water partition coefficient (Wildman–Crippen LogP) is 7.00. The van der Waals surface area contributed by atoms with Crippen molar-refractivity contribution in [2.24, 2.45) is 5.92 Å². The molecule has 0 aliphatic carbocycles. The maximum absolute atomic E-state index is 13.9. The number of nitrogens with zero attached hydrogens (tertiary/aromatic N) is 3. The molecular formula is C38H42N4O3. The van der Waals surface area contributed by atoms with Crippen LogP contribution in [0.25, 0.3) is 0 Å². The number of anilines is 3. The van der Waals surface area contributed by atoms with Crippen molar-refractivity contribution >= 4 is 28.9 Å². The lowest BCUT2D eigenvalue weighted by atomic mass is 9.83. The van der Waals surface area contributed by atoms with Crippen molar-refractivity contribution in [1.29, 1.82) is 0 Å². The third kappa shape index (κ3) is 6.17. The molecule has 2 bridgehead atoms. The minimum atomic E-state index is -0.221. The standard InChI is InChI=1S/C38H42N4O3/c1-6-41(31-10-7-9-25(2)19-31)37(45)28-15-18-34(32(21-28)39-36(44)27-13-16-30(17-14-27)38(3,4)5)40-22-26-20-29(24-40)33-11-8-12-35(43)42(33)23-26/h7-19,21,26,29H,6,20,22-24H2,1-5H3,(H,39,44)/t26-,29+/m1/s1. The molecule has 6 rings (SSSR count). The Balaban J connectivity index is 1.35. The lowest BCUT2D eigenvalue weighted by molar-refractivity contribution is 0.0985. The van der Waals surface area contributed by atoms with E-state index in [1.54, 1.807) is 11.0 Å². The Bertz CT molecular complexity index is 1800. The highest BCUT2D eigenvalue weighted by molar-refractivity contribution is 6.10. The van der Waals surface area contributed by atoms with E-state index in [4.69, 9.17) is 0 Å². The predicted molar refractivity (Wildman–Crippen MR) is 182 cm³/mol. The van der Waals surface area contributed by atoms with E-state index in [2.05, 4.69) is 37.1 Å². The summed E-state index contributed by atoms with van der Waals surface area (Å²) in [6.45, 7) is 13.1. The molecule has 0 saturated carbocycles. The van der Waals surface area contributed by atoms with Crippen LogP contribution in [0.3, 0.4) is 0 Å². The first-order valence-corrected chi connectivity index (χ1v) is 15.9. The Kier molecular flexibility index (Phi) is 8.12. The van der Waals surface area contributed by atoms with Crippen molar-refractivity contribution in [2.45, 2.75) is 58.9 Å². The van der Waals surface area contributed by atoms with Crippen molar-refractivity contribution in [3.8, 4) is 0 Å². The van der Waals surface area contributed by atoms with Gasteiger partial charge < -0.3 is 19.7 Å². The van der Waals surface area contributed by atoms with E-state index < -0.39 is 0 Å². The van der Waals surface area contributed by atoms with Gasteiger partial charge in [0.2, 0.25) is 0 Å². The minimum absolute atomic E-state index is 0.0185. The zero-order valence-electron chi connectivity index (χ0n) is 26.8. The second kappa shape index (κ2) is 12.0. The van der Waals surface area contributed by atoms with E-state index in [0.717, 1.165) is 47.7 Å². The number of carbonyl (C=O) groups is 2. The van der Waals surface area contributed by atoms with Gasteiger partial charge in [-0.2, -0.15) is 0 Å². The first kappa shape index (κ1) is 30.4. The quantitative estimate of drug-likeness (QED) is 0.258. The van der Waals surface area contributed by atoms with Gasteiger partial charge >= 0.3 is 0 Å². The highest BCUT2D eigenvalue weighted by Gasteiger charge is 2.35. The molecule has 2 atom stereocenters. The van der Waals surface area contributed by atoms with Crippen molar-refractivity contribution in [2.75, 3.05) is 34.8 Å². The minimum Gasteiger partial charge on any atom is -0.369 e. The molecule has 0 spiro atoms. The molecule has 2 aliphatic heterocycles. The molecule has 1 saturated heterocycles. The van der Waals surface area contributed by atoms with Gasteiger partial charge in [0.25, 0.3) is 17.4 Å². The van der Waals surface area contributed by atoms with Crippen LogP contribution < -0.4 is 20.7 Å². The number of piperidine rings is 1. The van der Waals surface area contributed by atoms with Gasteiger partial charge in [-0.1, -0.05) is 51.1 Å². The van der Waals surface area contributed by atoms with Crippen LogP contribution in [0.1, 0.15) is 77.6 Å². The van der Waals surface area contributed by atoms with Gasteiger partial charge in [-0.15, -0.1) is 0 Å². The van der Waals surface area contributed by atoms with Crippen LogP contribution in [0.5, 0.6) is 0 Å². The molecule has 1 aromatic heterocycles. The van der Waals surface area contributed by atoms with Crippen molar-refractivity contribution in [3.63, 3.8) is 0 Å². The lowest BCUT2D eigenvalue weighted by Gasteiger charge is -2.44. The fourth-order valence-corrected chi connectivity index (χ4v) is 6.85. The smallest absolute Gasteiger partial charge is 0.258 e. The molecule has 3 aromatic carbocycles. The van der Waals surface area contributed by atoms with E-state index in [9.17, 15) is 14.4 Å². The summed E-state index contributed by atoms with van der Waals surface area (Å²) in [5, 5.41) is 3.17. The number of rotatable bonds is 6. The normalized spacial score (nSPS) is 17.4. The van der Waals surface area contributed by atoms with E-state index in [-0.39, 0.29) is 28.7 Å². The van der Waals surface area contributed by atoms with Crippen LogP contribution in [-0.2, 0) is 12.0 Å². The molecule has 0 unspecified atom stereocenters. The summed E-state index contributed by atoms with van der Waals surface area (Å²) in [5.74, 6) is 0.172. The van der Waals surface area contributed by atoms with Crippen molar-refractivity contribution in [3.05, 3.63) is 123 Å². The Morgan fingerprint density at radius 3 is 2.33 bits per heavy atom. The Hall–Kier alpha value is -4.65. The van der Waals surface area contributed by atoms with Crippen molar-refractivity contribution in [1.82, 2.24) is 4.57 Å². The Labute approximate surface area is 265 Å². The first-order valence-electron chi connectivity index (χ1n) is 15.9. The van der Waals surface area contributed by atoms with Crippen LogP contribution in [0.15, 0.2) is 89.7 Å². The molecule has 232 valence electrons. The summed E-state index contributed by atoms with van der Waals surface area (Å²) < 4.78 is 1.92. The number of carbonyl (C=O) groups excluding carboxylic acids is 2. The number of aromatic nitrogens is 1. The largest absolute Gasteiger partial charge is 0.369 e. The number of fused-ring (bicyclic) bond motifs is 4. The molecule has 45 heavy (non-hydrogen) atoms. The summed E-state index contributed by atoms with van der Waals surface area (Å²) in [6, 6.07) is 26.9. The average Bonchev–Trinajstić information content (AvgIpc) is 3.01. The maximum atomic E-state index is 13.9. The molecule has 1 N–H and O–H groups in total. The Morgan fingerprint density at radius 2 is 1.62 bits per heavy atom. The van der Waals surface area contributed by atoms with Gasteiger partial charge in [-0.05, 0) is 91.3 Å². The molecule has 3 heterocycles. The number of nitrogens with one attached hydrogen (secondary N) is 1. The van der Waals surface area contributed by atoms with Crippen LogP contribution in [0.2, 0.25) is 0 Å². The van der Waals surface area contributed by atoms with Crippen LogP contribution >= 0.6 is 0 Å². The summed E-state index contributed by atoms with van der Waals surface area (Å²) in [5.41, 5.74) is 6.74. The molecule has 1 fully saturated rings. The van der Waals surface area contributed by atoms with E-state index in [1.807, 2.05) is 91.2 Å². The molecule has 7 nitrogen and oxygen atoms in total. The topological polar surface area (TPSA) is 74.7 Å². The number of amides is 2. The summed E-state index contributed by atoms with van der Waals surface area (Å²) in [7, 11) is 0.